The molecule has 0 spiro atoms. The van der Waals surface area contributed by atoms with Crippen LogP contribution in [-0.2, 0) is 24.3 Å². The molecule has 1 aromatic rings. The molecule has 1 aromatic carbocycles. The van der Waals surface area contributed by atoms with E-state index in [-0.39, 0.29) is 25.6 Å². The average Bonchev–Trinajstić information content (AvgIpc) is 2.74. The van der Waals surface area contributed by atoms with Gasteiger partial charge in [-0.3, -0.25) is 9.59 Å². The van der Waals surface area contributed by atoms with Gasteiger partial charge in [0, 0.05) is 26.2 Å². The fraction of sp³-hybridized carbons (Fsp3) is 0.583. The summed E-state index contributed by atoms with van der Waals surface area (Å²) in [5, 5.41) is 0. The molecule has 1 aliphatic rings. The summed E-state index contributed by atoms with van der Waals surface area (Å²) in [4.78, 5) is 26.7. The quantitative estimate of drug-likeness (QED) is 0.435. The lowest BCUT2D eigenvalue weighted by molar-refractivity contribution is -0.156. The maximum atomic E-state index is 13.4. The Labute approximate surface area is 192 Å². The highest BCUT2D eigenvalue weighted by Gasteiger charge is 2.35. The van der Waals surface area contributed by atoms with Crippen molar-refractivity contribution in [2.45, 2.75) is 59.3 Å². The topological polar surface area (TPSA) is 84.0 Å². The number of carbonyl (C=O) groups is 2. The standard InChI is InChI=1S/C24H36N2O5S/c1-8-25(14-16(2)3)22(27)15-31-24(28)21-9-11-26(12-10-21)32(29,30)23-19(6)17(4)13-18(5)20(23)7/h13,21H,2,8-12,14-15H2,1,3-7H3. The van der Waals surface area contributed by atoms with Gasteiger partial charge in [-0.25, -0.2) is 8.42 Å². The molecule has 0 radical (unpaired) electrons. The van der Waals surface area contributed by atoms with Crippen molar-refractivity contribution in [2.75, 3.05) is 32.8 Å². The Morgan fingerprint density at radius 3 is 2.12 bits per heavy atom. The number of esters is 1. The summed E-state index contributed by atoms with van der Waals surface area (Å²) in [6.07, 6.45) is 0.747. The molecule has 8 heteroatoms. The minimum absolute atomic E-state index is 0.249. The number of rotatable bonds is 8. The van der Waals surface area contributed by atoms with Crippen LogP contribution in [0.1, 0.15) is 48.9 Å². The van der Waals surface area contributed by atoms with Crippen molar-refractivity contribution in [3.05, 3.63) is 40.5 Å². The number of carbonyl (C=O) groups excluding carboxylic acids is 2. The molecule has 0 N–H and O–H groups in total. The van der Waals surface area contributed by atoms with Crippen LogP contribution in [0.15, 0.2) is 23.1 Å². The Morgan fingerprint density at radius 1 is 1.12 bits per heavy atom. The first-order valence-corrected chi connectivity index (χ1v) is 12.5. The van der Waals surface area contributed by atoms with E-state index in [1.165, 1.54) is 4.31 Å². The van der Waals surface area contributed by atoms with Gasteiger partial charge < -0.3 is 9.64 Å². The molecule has 1 saturated heterocycles. The minimum Gasteiger partial charge on any atom is -0.455 e. The van der Waals surface area contributed by atoms with Crippen molar-refractivity contribution >= 4 is 21.9 Å². The van der Waals surface area contributed by atoms with Gasteiger partial charge >= 0.3 is 5.97 Å². The Hall–Kier alpha value is -2.19. The Kier molecular flexibility index (Phi) is 8.65. The van der Waals surface area contributed by atoms with Gasteiger partial charge in [0.1, 0.15) is 0 Å². The Bertz CT molecular complexity index is 966. The minimum atomic E-state index is -3.66. The number of benzene rings is 1. The number of likely N-dealkylation sites (N-methyl/N-ethyl adjacent to an activating group) is 1. The van der Waals surface area contributed by atoms with Crippen LogP contribution < -0.4 is 0 Å². The lowest BCUT2D eigenvalue weighted by Gasteiger charge is -2.31. The second-order valence-electron chi connectivity index (χ2n) is 8.74. The van der Waals surface area contributed by atoms with E-state index in [0.717, 1.165) is 27.8 Å². The van der Waals surface area contributed by atoms with E-state index in [4.69, 9.17) is 4.74 Å². The molecule has 0 atom stereocenters. The van der Waals surface area contributed by atoms with Gasteiger partial charge in [-0.05, 0) is 76.6 Å². The molecule has 0 aromatic heterocycles. The molecular weight excluding hydrogens is 428 g/mol. The Morgan fingerprint density at radius 2 is 1.66 bits per heavy atom. The number of nitrogens with zero attached hydrogens (tertiary/aromatic N) is 2. The SMILES string of the molecule is C=C(C)CN(CC)C(=O)COC(=O)C1CCN(S(=O)(=O)c2c(C)c(C)cc(C)c2C)CC1. The predicted octanol–water partition coefficient (Wildman–Crippen LogP) is 3.29. The van der Waals surface area contributed by atoms with Crippen LogP contribution in [0.25, 0.3) is 0 Å². The number of hydrogen-bond acceptors (Lipinski definition) is 5. The smallest absolute Gasteiger partial charge is 0.309 e. The molecule has 178 valence electrons. The maximum Gasteiger partial charge on any atom is 0.309 e. The van der Waals surface area contributed by atoms with Crippen molar-refractivity contribution < 1.29 is 22.7 Å². The molecular formula is C24H36N2O5S. The number of aryl methyl sites for hydroxylation is 2. The highest BCUT2D eigenvalue weighted by molar-refractivity contribution is 7.89. The molecule has 32 heavy (non-hydrogen) atoms. The number of hydrogen-bond donors (Lipinski definition) is 0. The second-order valence-corrected chi connectivity index (χ2v) is 10.6. The average molecular weight is 465 g/mol. The zero-order valence-electron chi connectivity index (χ0n) is 20.2. The Balaban J connectivity index is 2.01. The van der Waals surface area contributed by atoms with Crippen molar-refractivity contribution in [3.8, 4) is 0 Å². The first kappa shape index (κ1) is 26.1. The van der Waals surface area contributed by atoms with Gasteiger partial charge in [0.2, 0.25) is 10.0 Å². The van der Waals surface area contributed by atoms with Crippen molar-refractivity contribution in [2.24, 2.45) is 5.92 Å². The highest BCUT2D eigenvalue weighted by atomic mass is 32.2. The number of sulfonamides is 1. The third-order valence-corrected chi connectivity index (χ3v) is 8.39. The summed E-state index contributed by atoms with van der Waals surface area (Å²) in [6, 6.07) is 2.00. The maximum absolute atomic E-state index is 13.4. The molecule has 2 rings (SSSR count). The van der Waals surface area contributed by atoms with E-state index >= 15 is 0 Å². The first-order valence-electron chi connectivity index (χ1n) is 11.1. The molecule has 0 saturated carbocycles. The van der Waals surface area contributed by atoms with Gasteiger partial charge in [-0.1, -0.05) is 18.2 Å². The van der Waals surface area contributed by atoms with Crippen LogP contribution in [0, 0.1) is 33.6 Å². The summed E-state index contributed by atoms with van der Waals surface area (Å²) in [5.74, 6) is -1.11. The predicted molar refractivity (Wildman–Crippen MR) is 125 cm³/mol. The molecule has 7 nitrogen and oxygen atoms in total. The lowest BCUT2D eigenvalue weighted by atomic mass is 9.98. The molecule has 0 unspecified atom stereocenters. The number of amides is 1. The highest BCUT2D eigenvalue weighted by Crippen LogP contribution is 2.31. The van der Waals surface area contributed by atoms with Gasteiger partial charge in [-0.2, -0.15) is 4.31 Å². The summed E-state index contributed by atoms with van der Waals surface area (Å²) in [5.41, 5.74) is 4.28. The van der Waals surface area contributed by atoms with Crippen molar-refractivity contribution in [3.63, 3.8) is 0 Å². The number of ether oxygens (including phenoxy) is 1. The molecule has 1 amide bonds. The lowest BCUT2D eigenvalue weighted by Crippen LogP contribution is -2.42. The first-order chi connectivity index (χ1) is 14.9. The summed E-state index contributed by atoms with van der Waals surface area (Å²) < 4.78 is 33.5. The fourth-order valence-corrected chi connectivity index (χ4v) is 6.12. The van der Waals surface area contributed by atoms with Gasteiger partial charge in [-0.15, -0.1) is 0 Å². The third-order valence-electron chi connectivity index (χ3n) is 6.22. The van der Waals surface area contributed by atoms with E-state index in [2.05, 4.69) is 6.58 Å². The van der Waals surface area contributed by atoms with Crippen LogP contribution in [0.2, 0.25) is 0 Å². The molecule has 1 aliphatic heterocycles. The third kappa shape index (κ3) is 5.78. The molecule has 1 fully saturated rings. The van der Waals surface area contributed by atoms with Crippen LogP contribution >= 0.6 is 0 Å². The van der Waals surface area contributed by atoms with Crippen LogP contribution in [-0.4, -0.2) is 62.3 Å². The largest absolute Gasteiger partial charge is 0.455 e. The molecule has 0 bridgehead atoms. The van der Waals surface area contributed by atoms with Crippen LogP contribution in [0.3, 0.4) is 0 Å². The fourth-order valence-electron chi connectivity index (χ4n) is 4.07. The monoisotopic (exact) mass is 464 g/mol. The van der Waals surface area contributed by atoms with Gasteiger partial charge in [0.05, 0.1) is 10.8 Å². The zero-order chi connectivity index (χ0) is 24.2. The van der Waals surface area contributed by atoms with Crippen molar-refractivity contribution in [1.82, 2.24) is 9.21 Å². The van der Waals surface area contributed by atoms with Crippen molar-refractivity contribution in [1.29, 1.82) is 0 Å². The summed E-state index contributed by atoms with van der Waals surface area (Å²) in [7, 11) is -3.66. The molecule has 0 aliphatic carbocycles. The number of piperidine rings is 1. The zero-order valence-corrected chi connectivity index (χ0v) is 21.0. The van der Waals surface area contributed by atoms with Gasteiger partial charge in [0.15, 0.2) is 6.61 Å². The normalized spacial score (nSPS) is 15.4. The van der Waals surface area contributed by atoms with E-state index in [0.29, 0.717) is 30.8 Å². The van der Waals surface area contributed by atoms with E-state index in [1.54, 1.807) is 4.90 Å². The summed E-state index contributed by atoms with van der Waals surface area (Å²) >= 11 is 0. The van der Waals surface area contributed by atoms with E-state index in [1.807, 2.05) is 47.6 Å². The van der Waals surface area contributed by atoms with E-state index < -0.39 is 21.9 Å². The summed E-state index contributed by atoms with van der Waals surface area (Å²) in [6.45, 7) is 16.1. The van der Waals surface area contributed by atoms with E-state index in [9.17, 15) is 18.0 Å². The second kappa shape index (κ2) is 10.6. The van der Waals surface area contributed by atoms with Crippen LogP contribution in [0.4, 0.5) is 0 Å². The molecule has 1 heterocycles. The van der Waals surface area contributed by atoms with Crippen LogP contribution in [0.5, 0.6) is 0 Å². The van der Waals surface area contributed by atoms with Gasteiger partial charge in [0.25, 0.3) is 5.91 Å².